The number of benzene rings is 1. The lowest BCUT2D eigenvalue weighted by Crippen LogP contribution is -2.27. The van der Waals surface area contributed by atoms with E-state index in [-0.39, 0.29) is 5.97 Å². The Morgan fingerprint density at radius 2 is 1.83 bits per heavy atom. The third-order valence-corrected chi connectivity index (χ3v) is 4.37. The van der Waals surface area contributed by atoms with Crippen molar-refractivity contribution >= 4 is 11.7 Å². The summed E-state index contributed by atoms with van der Waals surface area (Å²) in [5, 5.41) is 0. The molecule has 5 heteroatoms. The van der Waals surface area contributed by atoms with E-state index in [1.807, 2.05) is 0 Å². The van der Waals surface area contributed by atoms with Crippen molar-refractivity contribution in [2.24, 2.45) is 0 Å². The molecule has 0 aromatic heterocycles. The molecule has 1 aliphatic rings. The topological polar surface area (TPSA) is 47.8 Å². The summed E-state index contributed by atoms with van der Waals surface area (Å²) in [6.07, 6.45) is 4.22. The van der Waals surface area contributed by atoms with E-state index in [1.165, 1.54) is 23.9 Å². The van der Waals surface area contributed by atoms with Crippen LogP contribution in [0.15, 0.2) is 12.1 Å². The third-order valence-electron chi connectivity index (χ3n) is 4.37. The van der Waals surface area contributed by atoms with Gasteiger partial charge in [0.05, 0.1) is 21.3 Å². The van der Waals surface area contributed by atoms with Crippen molar-refractivity contribution in [1.82, 2.24) is 0 Å². The van der Waals surface area contributed by atoms with Crippen molar-refractivity contribution in [3.05, 3.63) is 23.3 Å². The first-order chi connectivity index (χ1) is 11.1. The Labute approximate surface area is 137 Å². The molecule has 1 aliphatic heterocycles. The van der Waals surface area contributed by atoms with Crippen LogP contribution in [0.25, 0.3) is 0 Å². The summed E-state index contributed by atoms with van der Waals surface area (Å²) in [7, 11) is 6.88. The minimum Gasteiger partial charge on any atom is -0.493 e. The second-order valence-electron chi connectivity index (χ2n) is 5.77. The van der Waals surface area contributed by atoms with E-state index in [1.54, 1.807) is 14.2 Å². The van der Waals surface area contributed by atoms with Crippen LogP contribution in [0, 0.1) is 0 Å². The Morgan fingerprint density at radius 1 is 1.13 bits per heavy atom. The maximum atomic E-state index is 11.2. The minimum atomic E-state index is -0.140. The normalized spacial score (nSPS) is 13.6. The minimum absolute atomic E-state index is 0.140. The van der Waals surface area contributed by atoms with E-state index in [4.69, 9.17) is 9.47 Å². The van der Waals surface area contributed by atoms with Crippen LogP contribution in [0.4, 0.5) is 0 Å². The number of carbonyl (C=O) groups is 1. The molecule has 0 saturated heterocycles. The van der Waals surface area contributed by atoms with Crippen molar-refractivity contribution in [3.63, 3.8) is 0 Å². The molecule has 0 aliphatic carbocycles. The van der Waals surface area contributed by atoms with E-state index in [2.05, 4.69) is 28.5 Å². The lowest BCUT2D eigenvalue weighted by Gasteiger charge is -2.19. The standard InChI is InChI=1S/C18H26NO4/c1-19-10-9-13-11-16(21-2)17(22-3)12-14(13)15(19)7-5-6-8-18(20)23-4/h11-12H,5-10H2,1-4H3/q+1. The molecule has 23 heavy (non-hydrogen) atoms. The number of esters is 1. The van der Waals surface area contributed by atoms with Gasteiger partial charge < -0.3 is 14.2 Å². The van der Waals surface area contributed by atoms with E-state index in [0.29, 0.717) is 6.42 Å². The summed E-state index contributed by atoms with van der Waals surface area (Å²) in [4.78, 5) is 11.2. The molecular weight excluding hydrogens is 294 g/mol. The van der Waals surface area contributed by atoms with Gasteiger partial charge in [-0.2, -0.15) is 0 Å². The number of nitrogens with zero attached hydrogens (tertiary/aromatic N) is 1. The maximum absolute atomic E-state index is 11.2. The molecule has 126 valence electrons. The summed E-state index contributed by atoms with van der Waals surface area (Å²) in [5.41, 5.74) is 3.83. The average molecular weight is 320 g/mol. The van der Waals surface area contributed by atoms with Crippen LogP contribution in [0.5, 0.6) is 11.5 Å². The van der Waals surface area contributed by atoms with Crippen LogP contribution in [0.2, 0.25) is 0 Å². The fourth-order valence-electron chi connectivity index (χ4n) is 3.01. The average Bonchev–Trinajstić information content (AvgIpc) is 2.58. The first kappa shape index (κ1) is 17.3. The summed E-state index contributed by atoms with van der Waals surface area (Å²) in [6, 6.07) is 4.15. The van der Waals surface area contributed by atoms with E-state index in [0.717, 1.165) is 43.7 Å². The quantitative estimate of drug-likeness (QED) is 0.440. The Morgan fingerprint density at radius 3 is 2.48 bits per heavy atom. The Hall–Kier alpha value is -2.04. The fraction of sp³-hybridized carbons (Fsp3) is 0.556. The number of ether oxygens (including phenoxy) is 3. The molecule has 2 rings (SSSR count). The molecule has 0 atom stereocenters. The summed E-state index contributed by atoms with van der Waals surface area (Å²) < 4.78 is 17.8. The van der Waals surface area contributed by atoms with Crippen LogP contribution in [0.3, 0.4) is 0 Å². The number of hydrogen-bond acceptors (Lipinski definition) is 4. The zero-order chi connectivity index (χ0) is 16.8. The number of likely N-dealkylation sites (N-methyl/N-ethyl adjacent to an activating group) is 1. The second kappa shape index (κ2) is 7.99. The predicted octanol–water partition coefficient (Wildman–Crippen LogP) is 2.42. The predicted molar refractivity (Wildman–Crippen MR) is 88.9 cm³/mol. The van der Waals surface area contributed by atoms with Gasteiger partial charge in [-0.3, -0.25) is 4.79 Å². The first-order valence-electron chi connectivity index (χ1n) is 7.99. The molecule has 0 bridgehead atoms. The molecule has 1 aromatic rings. The summed E-state index contributed by atoms with van der Waals surface area (Å²) >= 11 is 0. The molecule has 1 heterocycles. The summed E-state index contributed by atoms with van der Waals surface area (Å²) in [6.45, 7) is 0.995. The van der Waals surface area contributed by atoms with Crippen molar-refractivity contribution in [2.45, 2.75) is 32.1 Å². The number of hydrogen-bond donors (Lipinski definition) is 0. The Bertz CT molecular complexity index is 607. The van der Waals surface area contributed by atoms with E-state index >= 15 is 0 Å². The van der Waals surface area contributed by atoms with Crippen LogP contribution < -0.4 is 9.47 Å². The van der Waals surface area contributed by atoms with Crippen molar-refractivity contribution < 1.29 is 23.6 Å². The van der Waals surface area contributed by atoms with Crippen molar-refractivity contribution in [1.29, 1.82) is 0 Å². The van der Waals surface area contributed by atoms with Gasteiger partial charge in [-0.1, -0.05) is 0 Å². The van der Waals surface area contributed by atoms with Gasteiger partial charge in [-0.05, 0) is 30.5 Å². The highest BCUT2D eigenvalue weighted by Gasteiger charge is 2.25. The van der Waals surface area contributed by atoms with Crippen LogP contribution in [-0.2, 0) is 16.0 Å². The number of methoxy groups -OCH3 is 3. The molecule has 1 aromatic carbocycles. The lowest BCUT2D eigenvalue weighted by atomic mass is 9.93. The number of rotatable bonds is 7. The largest absolute Gasteiger partial charge is 0.493 e. The molecule has 0 N–H and O–H groups in total. The maximum Gasteiger partial charge on any atom is 0.305 e. The van der Waals surface area contributed by atoms with Crippen LogP contribution in [-0.4, -0.2) is 51.2 Å². The highest BCUT2D eigenvalue weighted by Crippen LogP contribution is 2.33. The highest BCUT2D eigenvalue weighted by atomic mass is 16.5. The SMILES string of the molecule is COC(=O)CCCCC1=[N+](C)CCc2cc(OC)c(OC)cc21. The van der Waals surface area contributed by atoms with E-state index in [9.17, 15) is 4.79 Å². The van der Waals surface area contributed by atoms with Gasteiger partial charge in [-0.15, -0.1) is 0 Å². The Kier molecular flexibility index (Phi) is 6.02. The van der Waals surface area contributed by atoms with Gasteiger partial charge in [0, 0.05) is 24.8 Å². The summed E-state index contributed by atoms with van der Waals surface area (Å²) in [5.74, 6) is 1.40. The monoisotopic (exact) mass is 320 g/mol. The van der Waals surface area contributed by atoms with Gasteiger partial charge in [-0.25, -0.2) is 4.58 Å². The molecule has 0 unspecified atom stereocenters. The van der Waals surface area contributed by atoms with Gasteiger partial charge in [0.2, 0.25) is 0 Å². The molecule has 0 radical (unpaired) electrons. The molecule has 0 saturated carbocycles. The number of fused-ring (bicyclic) bond motifs is 1. The van der Waals surface area contributed by atoms with Crippen LogP contribution >= 0.6 is 0 Å². The molecular formula is C18H26NO4+. The zero-order valence-electron chi connectivity index (χ0n) is 14.5. The number of carbonyl (C=O) groups excluding carboxylic acids is 1. The van der Waals surface area contributed by atoms with Gasteiger partial charge in [0.25, 0.3) is 0 Å². The van der Waals surface area contributed by atoms with Gasteiger partial charge in [0.1, 0.15) is 13.6 Å². The number of unbranched alkanes of at least 4 members (excludes halogenated alkanes) is 1. The molecule has 0 spiro atoms. The van der Waals surface area contributed by atoms with Crippen molar-refractivity contribution in [2.75, 3.05) is 34.9 Å². The van der Waals surface area contributed by atoms with E-state index < -0.39 is 0 Å². The molecule has 0 amide bonds. The third kappa shape index (κ3) is 4.03. The van der Waals surface area contributed by atoms with Crippen molar-refractivity contribution in [3.8, 4) is 11.5 Å². The van der Waals surface area contributed by atoms with Gasteiger partial charge in [0.15, 0.2) is 17.2 Å². The zero-order valence-corrected chi connectivity index (χ0v) is 14.5. The molecule has 5 nitrogen and oxygen atoms in total. The fourth-order valence-corrected chi connectivity index (χ4v) is 3.01. The Balaban J connectivity index is 2.16. The smallest absolute Gasteiger partial charge is 0.305 e. The lowest BCUT2D eigenvalue weighted by molar-refractivity contribution is -0.499. The van der Waals surface area contributed by atoms with Gasteiger partial charge >= 0.3 is 5.97 Å². The second-order valence-corrected chi connectivity index (χ2v) is 5.77. The first-order valence-corrected chi connectivity index (χ1v) is 7.99. The van der Waals surface area contributed by atoms with Crippen LogP contribution in [0.1, 0.15) is 36.8 Å². The highest BCUT2D eigenvalue weighted by molar-refractivity contribution is 5.99. The molecule has 0 fully saturated rings.